The number of rotatable bonds is 2. The van der Waals surface area contributed by atoms with Crippen LogP contribution in [0, 0.1) is 6.92 Å². The highest BCUT2D eigenvalue weighted by atomic mass is 79.9. The van der Waals surface area contributed by atoms with Crippen LogP contribution in [-0.4, -0.2) is 4.98 Å². The van der Waals surface area contributed by atoms with Gasteiger partial charge >= 0.3 is 6.18 Å². The number of halogens is 4. The second kappa shape index (κ2) is 5.35. The predicted molar refractivity (Wildman–Crippen MR) is 82.3 cm³/mol. The van der Waals surface area contributed by atoms with Crippen LogP contribution in [0.25, 0.3) is 10.9 Å². The Bertz CT molecular complexity index is 822. The van der Waals surface area contributed by atoms with Crippen molar-refractivity contribution in [3.63, 3.8) is 0 Å². The summed E-state index contributed by atoms with van der Waals surface area (Å²) >= 11 is 3.45. The Balaban J connectivity index is 1.95. The van der Waals surface area contributed by atoms with E-state index in [9.17, 15) is 13.2 Å². The van der Waals surface area contributed by atoms with Crippen LogP contribution in [0.5, 0.6) is 11.5 Å². The monoisotopic (exact) mass is 369 g/mol. The Morgan fingerprint density at radius 3 is 2.36 bits per heavy atom. The van der Waals surface area contributed by atoms with Crippen LogP contribution in [0.1, 0.15) is 11.3 Å². The van der Waals surface area contributed by atoms with Gasteiger partial charge in [-0.15, -0.1) is 0 Å². The number of hydrogen-bond acceptors (Lipinski definition) is 1. The van der Waals surface area contributed by atoms with Crippen LogP contribution < -0.4 is 4.74 Å². The van der Waals surface area contributed by atoms with E-state index in [0.717, 1.165) is 33.2 Å². The molecule has 0 aliphatic heterocycles. The molecule has 0 amide bonds. The zero-order chi connectivity index (χ0) is 15.9. The molecule has 6 heteroatoms. The number of aromatic amines is 1. The molecule has 0 saturated carbocycles. The largest absolute Gasteiger partial charge is 0.457 e. The first kappa shape index (κ1) is 15.0. The van der Waals surface area contributed by atoms with Gasteiger partial charge in [-0.3, -0.25) is 0 Å². The number of H-pyrrole nitrogens is 1. The molecule has 2 aromatic carbocycles. The maximum Gasteiger partial charge on any atom is 0.416 e. The normalized spacial score (nSPS) is 11.9. The van der Waals surface area contributed by atoms with Crippen LogP contribution >= 0.6 is 15.9 Å². The number of aryl methyl sites for hydroxylation is 1. The lowest BCUT2D eigenvalue weighted by Crippen LogP contribution is -2.03. The van der Waals surface area contributed by atoms with Gasteiger partial charge in [0.15, 0.2) is 0 Å². The third-order valence-corrected chi connectivity index (χ3v) is 3.91. The van der Waals surface area contributed by atoms with Crippen molar-refractivity contribution in [2.75, 3.05) is 0 Å². The molecular weight excluding hydrogens is 359 g/mol. The lowest BCUT2D eigenvalue weighted by molar-refractivity contribution is -0.137. The van der Waals surface area contributed by atoms with Crippen molar-refractivity contribution >= 4 is 26.8 Å². The maximum atomic E-state index is 12.6. The molecule has 2 nitrogen and oxygen atoms in total. The minimum atomic E-state index is -4.35. The van der Waals surface area contributed by atoms with E-state index < -0.39 is 11.7 Å². The van der Waals surface area contributed by atoms with E-state index in [2.05, 4.69) is 20.9 Å². The molecule has 3 rings (SSSR count). The number of hydrogen-bond donors (Lipinski definition) is 1. The van der Waals surface area contributed by atoms with Crippen molar-refractivity contribution in [1.82, 2.24) is 4.98 Å². The summed E-state index contributed by atoms with van der Waals surface area (Å²) in [6.07, 6.45) is -4.35. The fourth-order valence-electron chi connectivity index (χ4n) is 2.22. The van der Waals surface area contributed by atoms with Crippen LogP contribution in [0.15, 0.2) is 46.9 Å². The lowest BCUT2D eigenvalue weighted by atomic mass is 10.2. The van der Waals surface area contributed by atoms with Crippen molar-refractivity contribution in [3.05, 3.63) is 58.2 Å². The predicted octanol–water partition coefficient (Wildman–Crippen LogP) is 6.05. The summed E-state index contributed by atoms with van der Waals surface area (Å²) in [6, 6.07) is 10.2. The molecule has 0 bridgehead atoms. The Kier molecular flexibility index (Phi) is 3.64. The van der Waals surface area contributed by atoms with Crippen LogP contribution in [0.4, 0.5) is 13.2 Å². The Hall–Kier alpha value is -1.95. The second-order valence-electron chi connectivity index (χ2n) is 4.91. The first-order chi connectivity index (χ1) is 10.3. The molecule has 3 aromatic rings. The van der Waals surface area contributed by atoms with Crippen LogP contribution in [0.3, 0.4) is 0 Å². The standard InChI is InChI=1S/C16H11BrF3NO/c1-9-8-12-14(7-6-13(17)15(12)21-9)22-11-4-2-10(3-5-11)16(18,19)20/h2-8,21H,1H3. The zero-order valence-electron chi connectivity index (χ0n) is 11.5. The Morgan fingerprint density at radius 1 is 1.05 bits per heavy atom. The van der Waals surface area contributed by atoms with Crippen LogP contribution in [-0.2, 0) is 6.18 Å². The summed E-state index contributed by atoms with van der Waals surface area (Å²) in [5.41, 5.74) is 1.17. The van der Waals surface area contributed by atoms with Crippen molar-refractivity contribution in [1.29, 1.82) is 0 Å². The van der Waals surface area contributed by atoms with Gasteiger partial charge in [-0.1, -0.05) is 0 Å². The van der Waals surface area contributed by atoms with Gasteiger partial charge < -0.3 is 9.72 Å². The van der Waals surface area contributed by atoms with E-state index in [1.807, 2.05) is 19.1 Å². The molecule has 0 saturated heterocycles. The minimum absolute atomic E-state index is 0.357. The molecule has 1 N–H and O–H groups in total. The van der Waals surface area contributed by atoms with Gasteiger partial charge in [0.25, 0.3) is 0 Å². The molecule has 0 radical (unpaired) electrons. The summed E-state index contributed by atoms with van der Waals surface area (Å²) < 4.78 is 44.3. The molecule has 1 heterocycles. The summed E-state index contributed by atoms with van der Waals surface area (Å²) in [4.78, 5) is 3.21. The smallest absolute Gasteiger partial charge is 0.416 e. The van der Waals surface area contributed by atoms with Gasteiger partial charge in [0.05, 0.1) is 11.1 Å². The van der Waals surface area contributed by atoms with Gasteiger partial charge in [0.2, 0.25) is 0 Å². The molecule has 0 unspecified atom stereocenters. The topological polar surface area (TPSA) is 25.0 Å². The fraction of sp³-hybridized carbons (Fsp3) is 0.125. The first-order valence-corrected chi connectivity index (χ1v) is 7.27. The molecule has 114 valence electrons. The quantitative estimate of drug-likeness (QED) is 0.584. The molecule has 1 aromatic heterocycles. The minimum Gasteiger partial charge on any atom is -0.457 e. The molecule has 0 atom stereocenters. The average Bonchev–Trinajstić information content (AvgIpc) is 2.84. The Labute approximate surface area is 133 Å². The van der Waals surface area contributed by atoms with Crippen LogP contribution in [0.2, 0.25) is 0 Å². The van der Waals surface area contributed by atoms with Gasteiger partial charge in [-0.25, -0.2) is 0 Å². The summed E-state index contributed by atoms with van der Waals surface area (Å²) in [5.74, 6) is 0.942. The van der Waals surface area contributed by atoms with Crippen molar-refractivity contribution in [3.8, 4) is 11.5 Å². The second-order valence-corrected chi connectivity index (χ2v) is 5.77. The third-order valence-electron chi connectivity index (χ3n) is 3.25. The van der Waals surface area contributed by atoms with E-state index in [4.69, 9.17) is 4.74 Å². The lowest BCUT2D eigenvalue weighted by Gasteiger charge is -2.10. The third kappa shape index (κ3) is 2.83. The van der Waals surface area contributed by atoms with Crippen molar-refractivity contribution < 1.29 is 17.9 Å². The maximum absolute atomic E-state index is 12.6. The molecule has 0 spiro atoms. The highest BCUT2D eigenvalue weighted by Gasteiger charge is 2.30. The summed E-state index contributed by atoms with van der Waals surface area (Å²) in [7, 11) is 0. The van der Waals surface area contributed by atoms with E-state index in [1.54, 1.807) is 6.07 Å². The molecule has 0 aliphatic carbocycles. The SMILES string of the molecule is Cc1cc2c(Oc3ccc(C(F)(F)F)cc3)ccc(Br)c2[nH]1. The van der Waals surface area contributed by atoms with E-state index in [1.165, 1.54) is 12.1 Å². The number of nitrogens with one attached hydrogen (secondary N) is 1. The molecule has 0 aliphatic rings. The van der Waals surface area contributed by atoms with E-state index >= 15 is 0 Å². The molecular formula is C16H11BrF3NO. The van der Waals surface area contributed by atoms with Gasteiger partial charge in [-0.05, 0) is 65.3 Å². The highest BCUT2D eigenvalue weighted by Crippen LogP contribution is 2.36. The number of ether oxygens (including phenoxy) is 1. The van der Waals surface area contributed by atoms with Crippen molar-refractivity contribution in [2.45, 2.75) is 13.1 Å². The van der Waals surface area contributed by atoms with Gasteiger partial charge in [0.1, 0.15) is 11.5 Å². The highest BCUT2D eigenvalue weighted by molar-refractivity contribution is 9.10. The first-order valence-electron chi connectivity index (χ1n) is 6.47. The van der Waals surface area contributed by atoms with E-state index in [0.29, 0.717) is 11.5 Å². The van der Waals surface area contributed by atoms with Gasteiger partial charge in [-0.2, -0.15) is 13.2 Å². The van der Waals surface area contributed by atoms with Gasteiger partial charge in [0, 0.05) is 15.6 Å². The Morgan fingerprint density at radius 2 is 1.73 bits per heavy atom. The number of aromatic nitrogens is 1. The molecule has 22 heavy (non-hydrogen) atoms. The van der Waals surface area contributed by atoms with Crippen molar-refractivity contribution in [2.24, 2.45) is 0 Å². The number of fused-ring (bicyclic) bond motifs is 1. The fourth-order valence-corrected chi connectivity index (χ4v) is 2.67. The summed E-state index contributed by atoms with van der Waals surface area (Å²) in [6.45, 7) is 1.92. The number of alkyl halides is 3. The van der Waals surface area contributed by atoms with E-state index in [-0.39, 0.29) is 0 Å². The summed E-state index contributed by atoms with van der Waals surface area (Å²) in [5, 5.41) is 0.867. The number of benzene rings is 2. The average molecular weight is 370 g/mol. The zero-order valence-corrected chi connectivity index (χ0v) is 13.0. The molecule has 0 fully saturated rings.